The molecule has 3 nitrogen and oxygen atoms in total. The molecular formula is C15H13Cl2NO2S. The Morgan fingerprint density at radius 1 is 1.14 bits per heavy atom. The van der Waals surface area contributed by atoms with Gasteiger partial charge in [-0.15, -0.1) is 11.8 Å². The van der Waals surface area contributed by atoms with Crippen LogP contribution >= 0.6 is 35.0 Å². The number of amides is 1. The molecule has 1 amide bonds. The number of rotatable bonds is 6. The summed E-state index contributed by atoms with van der Waals surface area (Å²) in [6.07, 6.45) is 0. The SMILES string of the molecule is NC(=O)CSCc1ccc(Oc2ccc(Cl)cc2Cl)cc1. The van der Waals surface area contributed by atoms with Crippen LogP contribution in [-0.4, -0.2) is 11.7 Å². The summed E-state index contributed by atoms with van der Waals surface area (Å²) in [6.45, 7) is 0. The number of benzene rings is 2. The van der Waals surface area contributed by atoms with Gasteiger partial charge in [0.25, 0.3) is 0 Å². The zero-order chi connectivity index (χ0) is 15.2. The lowest BCUT2D eigenvalue weighted by Crippen LogP contribution is -2.13. The standard InChI is InChI=1S/C15H13Cl2NO2S/c16-11-3-6-14(13(17)7-11)20-12-4-1-10(2-5-12)8-21-9-15(18)19/h1-7H,8-9H2,(H2,18,19). The summed E-state index contributed by atoms with van der Waals surface area (Å²) in [5, 5.41) is 1.03. The highest BCUT2D eigenvalue weighted by molar-refractivity contribution is 7.99. The number of ether oxygens (including phenoxy) is 1. The third-order valence-corrected chi connectivity index (χ3v) is 4.11. The van der Waals surface area contributed by atoms with Crippen LogP contribution in [0.4, 0.5) is 0 Å². The highest BCUT2D eigenvalue weighted by atomic mass is 35.5. The molecule has 2 rings (SSSR count). The monoisotopic (exact) mass is 341 g/mol. The number of primary amides is 1. The molecule has 0 heterocycles. The minimum Gasteiger partial charge on any atom is -0.456 e. The average Bonchev–Trinajstić information content (AvgIpc) is 2.43. The van der Waals surface area contributed by atoms with Gasteiger partial charge in [-0.1, -0.05) is 35.3 Å². The van der Waals surface area contributed by atoms with E-state index in [1.54, 1.807) is 18.2 Å². The van der Waals surface area contributed by atoms with E-state index in [1.807, 2.05) is 24.3 Å². The van der Waals surface area contributed by atoms with E-state index in [0.717, 1.165) is 11.3 Å². The van der Waals surface area contributed by atoms with Gasteiger partial charge in [-0.2, -0.15) is 0 Å². The van der Waals surface area contributed by atoms with Gasteiger partial charge in [0.15, 0.2) is 0 Å². The molecule has 0 saturated heterocycles. The Labute approximate surface area is 137 Å². The zero-order valence-electron chi connectivity index (χ0n) is 11.0. The molecule has 21 heavy (non-hydrogen) atoms. The number of hydrogen-bond acceptors (Lipinski definition) is 3. The third-order valence-electron chi connectivity index (χ3n) is 2.56. The fourth-order valence-electron chi connectivity index (χ4n) is 1.61. The van der Waals surface area contributed by atoms with Crippen molar-refractivity contribution in [2.45, 2.75) is 5.75 Å². The summed E-state index contributed by atoms with van der Waals surface area (Å²) in [4.78, 5) is 10.7. The average molecular weight is 342 g/mol. The molecule has 2 aromatic carbocycles. The van der Waals surface area contributed by atoms with Crippen molar-refractivity contribution in [3.63, 3.8) is 0 Å². The van der Waals surface area contributed by atoms with Crippen molar-refractivity contribution in [2.24, 2.45) is 5.73 Å². The molecule has 0 radical (unpaired) electrons. The largest absolute Gasteiger partial charge is 0.456 e. The van der Waals surface area contributed by atoms with Crippen LogP contribution in [0.25, 0.3) is 0 Å². The molecule has 2 N–H and O–H groups in total. The van der Waals surface area contributed by atoms with Crippen LogP contribution in [0.15, 0.2) is 42.5 Å². The van der Waals surface area contributed by atoms with Gasteiger partial charge >= 0.3 is 0 Å². The van der Waals surface area contributed by atoms with E-state index in [9.17, 15) is 4.79 Å². The van der Waals surface area contributed by atoms with Crippen LogP contribution in [0.5, 0.6) is 11.5 Å². The Kier molecular flexibility index (Phi) is 5.79. The van der Waals surface area contributed by atoms with Gasteiger partial charge in [-0.3, -0.25) is 4.79 Å². The quantitative estimate of drug-likeness (QED) is 0.841. The third kappa shape index (κ3) is 5.16. The molecule has 0 bridgehead atoms. The Bertz CT molecular complexity index is 632. The van der Waals surface area contributed by atoms with E-state index >= 15 is 0 Å². The molecule has 0 aliphatic heterocycles. The zero-order valence-corrected chi connectivity index (χ0v) is 13.3. The van der Waals surface area contributed by atoms with Crippen molar-refractivity contribution in [1.29, 1.82) is 0 Å². The van der Waals surface area contributed by atoms with Crippen LogP contribution in [0, 0.1) is 0 Å². The lowest BCUT2D eigenvalue weighted by molar-refractivity contribution is -0.115. The van der Waals surface area contributed by atoms with E-state index in [2.05, 4.69) is 0 Å². The summed E-state index contributed by atoms with van der Waals surface area (Å²) < 4.78 is 5.69. The Balaban J connectivity index is 1.97. The van der Waals surface area contributed by atoms with Crippen molar-refractivity contribution in [2.75, 3.05) is 5.75 Å². The van der Waals surface area contributed by atoms with Crippen LogP contribution in [0.3, 0.4) is 0 Å². The summed E-state index contributed by atoms with van der Waals surface area (Å²) in [6, 6.07) is 12.7. The summed E-state index contributed by atoms with van der Waals surface area (Å²) >= 11 is 13.4. The van der Waals surface area contributed by atoms with Crippen LogP contribution in [-0.2, 0) is 10.5 Å². The van der Waals surface area contributed by atoms with Gasteiger partial charge in [-0.25, -0.2) is 0 Å². The maximum atomic E-state index is 10.7. The van der Waals surface area contributed by atoms with Gasteiger partial charge in [-0.05, 0) is 35.9 Å². The molecule has 0 atom stereocenters. The van der Waals surface area contributed by atoms with E-state index in [4.69, 9.17) is 33.7 Å². The molecule has 0 unspecified atom stereocenters. The second-order valence-electron chi connectivity index (χ2n) is 4.28. The number of carbonyl (C=O) groups is 1. The van der Waals surface area contributed by atoms with E-state index in [-0.39, 0.29) is 5.91 Å². The van der Waals surface area contributed by atoms with Crippen molar-refractivity contribution >= 4 is 40.9 Å². The molecule has 0 aliphatic rings. The Morgan fingerprint density at radius 3 is 2.48 bits per heavy atom. The number of nitrogens with two attached hydrogens (primary N) is 1. The second kappa shape index (κ2) is 7.59. The smallest absolute Gasteiger partial charge is 0.227 e. The molecule has 0 aliphatic carbocycles. The first kappa shape index (κ1) is 16.0. The highest BCUT2D eigenvalue weighted by Crippen LogP contribution is 2.31. The molecule has 6 heteroatoms. The van der Waals surface area contributed by atoms with Gasteiger partial charge in [0, 0.05) is 10.8 Å². The predicted octanol–water partition coefficient (Wildman–Crippen LogP) is 4.50. The summed E-state index contributed by atoms with van der Waals surface area (Å²) in [5.41, 5.74) is 6.18. The first-order chi connectivity index (χ1) is 10.0. The summed E-state index contributed by atoms with van der Waals surface area (Å²) in [7, 11) is 0. The predicted molar refractivity (Wildman–Crippen MR) is 88.3 cm³/mol. The molecule has 0 saturated carbocycles. The van der Waals surface area contributed by atoms with E-state index < -0.39 is 0 Å². The number of carbonyl (C=O) groups excluding carboxylic acids is 1. The van der Waals surface area contributed by atoms with Crippen LogP contribution in [0.2, 0.25) is 10.0 Å². The lowest BCUT2D eigenvalue weighted by Gasteiger charge is -2.08. The van der Waals surface area contributed by atoms with Crippen molar-refractivity contribution < 1.29 is 9.53 Å². The van der Waals surface area contributed by atoms with Crippen molar-refractivity contribution in [1.82, 2.24) is 0 Å². The number of halogens is 2. The first-order valence-corrected chi connectivity index (χ1v) is 8.03. The maximum absolute atomic E-state index is 10.7. The van der Waals surface area contributed by atoms with Gasteiger partial charge in [0.2, 0.25) is 5.91 Å². The van der Waals surface area contributed by atoms with Gasteiger partial charge in [0.05, 0.1) is 10.8 Å². The molecule has 0 aromatic heterocycles. The van der Waals surface area contributed by atoms with E-state index in [0.29, 0.717) is 27.3 Å². The molecule has 0 fully saturated rings. The first-order valence-electron chi connectivity index (χ1n) is 6.12. The van der Waals surface area contributed by atoms with Crippen LogP contribution in [0.1, 0.15) is 5.56 Å². The summed E-state index contributed by atoms with van der Waals surface area (Å²) in [5.74, 6) is 1.97. The Hall–Kier alpha value is -1.36. The molecule has 0 spiro atoms. The fourth-order valence-corrected chi connectivity index (χ4v) is 2.79. The highest BCUT2D eigenvalue weighted by Gasteiger charge is 2.04. The van der Waals surface area contributed by atoms with Gasteiger partial charge < -0.3 is 10.5 Å². The number of thioether (sulfide) groups is 1. The minimum atomic E-state index is -0.308. The fraction of sp³-hybridized carbons (Fsp3) is 0.133. The number of hydrogen-bond donors (Lipinski definition) is 1. The molecular weight excluding hydrogens is 329 g/mol. The van der Waals surface area contributed by atoms with Crippen LogP contribution < -0.4 is 10.5 Å². The van der Waals surface area contributed by atoms with E-state index in [1.165, 1.54) is 11.8 Å². The van der Waals surface area contributed by atoms with Gasteiger partial charge in [0.1, 0.15) is 11.5 Å². The lowest BCUT2D eigenvalue weighted by atomic mass is 10.2. The molecule has 110 valence electrons. The second-order valence-corrected chi connectivity index (χ2v) is 6.11. The minimum absolute atomic E-state index is 0.308. The molecule has 2 aromatic rings. The normalized spacial score (nSPS) is 10.4. The van der Waals surface area contributed by atoms with Crippen molar-refractivity contribution in [3.05, 3.63) is 58.1 Å². The Morgan fingerprint density at radius 2 is 1.86 bits per heavy atom. The topological polar surface area (TPSA) is 52.3 Å². The maximum Gasteiger partial charge on any atom is 0.227 e. The van der Waals surface area contributed by atoms with Crippen molar-refractivity contribution in [3.8, 4) is 11.5 Å².